The first-order valence-corrected chi connectivity index (χ1v) is 9.36. The molecule has 0 atom stereocenters. The number of nitrogens with zero attached hydrogens (tertiary/aromatic N) is 2. The standard InChI is InChI=1S/C23H28N4/c1-4-9-18(5-2)23(20-12-13-21(17-24)19(6-3)16-20)27-22-10-7-14-25-26-15-8-11-22/h5-7,10-13,15-17,24-25H,3-4,8-9,14H2,1-2H3/b10-7-,18-5+,22-11+,24-17?,26-15-,27-23+. The molecule has 4 nitrogen and oxygen atoms in total. The molecule has 0 radical (unpaired) electrons. The minimum atomic E-state index is 0.679. The van der Waals surface area contributed by atoms with Crippen LogP contribution in [0, 0.1) is 5.41 Å². The molecule has 1 aliphatic heterocycles. The molecule has 1 heterocycles. The van der Waals surface area contributed by atoms with Crippen molar-refractivity contribution in [2.45, 2.75) is 33.1 Å². The first kappa shape index (κ1) is 20.3. The lowest BCUT2D eigenvalue weighted by Gasteiger charge is -2.13. The fourth-order valence-corrected chi connectivity index (χ4v) is 2.88. The molecular formula is C23H28N4. The van der Waals surface area contributed by atoms with E-state index in [1.165, 1.54) is 11.8 Å². The van der Waals surface area contributed by atoms with Crippen LogP contribution in [0.25, 0.3) is 6.08 Å². The molecule has 0 saturated heterocycles. The topological polar surface area (TPSA) is 60.6 Å². The molecule has 140 valence electrons. The zero-order valence-corrected chi connectivity index (χ0v) is 16.2. The van der Waals surface area contributed by atoms with Gasteiger partial charge in [-0.25, -0.2) is 4.99 Å². The second-order valence-electron chi connectivity index (χ2n) is 6.16. The molecule has 0 amide bonds. The van der Waals surface area contributed by atoms with E-state index in [0.29, 0.717) is 6.54 Å². The molecule has 0 spiro atoms. The Hall–Kier alpha value is -3.01. The normalized spacial score (nSPS) is 19.6. The summed E-state index contributed by atoms with van der Waals surface area (Å²) in [6.45, 7) is 8.80. The van der Waals surface area contributed by atoms with Crippen molar-refractivity contribution in [1.29, 1.82) is 5.41 Å². The number of hydrogen-bond acceptors (Lipinski definition) is 4. The first-order chi connectivity index (χ1) is 13.2. The highest BCUT2D eigenvalue weighted by Gasteiger charge is 2.11. The highest BCUT2D eigenvalue weighted by Crippen LogP contribution is 2.21. The maximum absolute atomic E-state index is 7.57. The van der Waals surface area contributed by atoms with Crippen LogP contribution in [0.15, 0.2) is 70.4 Å². The van der Waals surface area contributed by atoms with E-state index in [1.807, 2.05) is 30.5 Å². The molecule has 0 saturated carbocycles. The Morgan fingerprint density at radius 3 is 2.93 bits per heavy atom. The molecule has 0 unspecified atom stereocenters. The van der Waals surface area contributed by atoms with Gasteiger partial charge in [0.2, 0.25) is 0 Å². The Morgan fingerprint density at radius 2 is 2.22 bits per heavy atom. The number of hydrogen-bond donors (Lipinski definition) is 2. The largest absolute Gasteiger partial charge is 0.308 e. The summed E-state index contributed by atoms with van der Waals surface area (Å²) in [5, 5.41) is 11.7. The van der Waals surface area contributed by atoms with Crippen LogP contribution in [-0.4, -0.2) is 24.7 Å². The van der Waals surface area contributed by atoms with Crippen molar-refractivity contribution < 1.29 is 0 Å². The van der Waals surface area contributed by atoms with Crippen LogP contribution >= 0.6 is 0 Å². The summed E-state index contributed by atoms with van der Waals surface area (Å²) in [5.41, 5.74) is 8.92. The van der Waals surface area contributed by atoms with Crippen molar-refractivity contribution in [3.8, 4) is 0 Å². The number of benzene rings is 1. The Kier molecular flexibility index (Phi) is 8.17. The number of allylic oxidation sites excluding steroid dienone is 4. The first-order valence-electron chi connectivity index (χ1n) is 9.36. The third-order valence-electron chi connectivity index (χ3n) is 4.26. The SMILES string of the molecule is C=Cc1cc(C(=N/C2=C/C/C=N\NC/C=C\2)/C(=C/C)CCC)ccc1C=N. The molecule has 1 aliphatic rings. The van der Waals surface area contributed by atoms with Gasteiger partial charge in [0.05, 0.1) is 18.0 Å². The van der Waals surface area contributed by atoms with Crippen LogP contribution in [-0.2, 0) is 0 Å². The van der Waals surface area contributed by atoms with Crippen LogP contribution in [0.1, 0.15) is 49.8 Å². The van der Waals surface area contributed by atoms with E-state index in [0.717, 1.165) is 47.4 Å². The number of hydrazone groups is 1. The molecule has 0 aliphatic carbocycles. The Labute approximate surface area is 162 Å². The van der Waals surface area contributed by atoms with Gasteiger partial charge in [-0.1, -0.05) is 56.4 Å². The van der Waals surface area contributed by atoms with Crippen LogP contribution in [0.5, 0.6) is 0 Å². The highest BCUT2D eigenvalue weighted by molar-refractivity contribution is 6.13. The second-order valence-corrected chi connectivity index (χ2v) is 6.16. The van der Waals surface area contributed by atoms with Gasteiger partial charge in [-0.15, -0.1) is 0 Å². The number of aliphatic imine (C=N–C) groups is 1. The molecule has 2 rings (SSSR count). The van der Waals surface area contributed by atoms with Crippen molar-refractivity contribution >= 4 is 24.2 Å². The van der Waals surface area contributed by atoms with Crippen LogP contribution in [0.4, 0.5) is 0 Å². The average molecular weight is 361 g/mol. The van der Waals surface area contributed by atoms with Gasteiger partial charge in [0.15, 0.2) is 0 Å². The minimum Gasteiger partial charge on any atom is -0.308 e. The second kappa shape index (κ2) is 10.9. The van der Waals surface area contributed by atoms with Gasteiger partial charge >= 0.3 is 0 Å². The molecule has 4 heteroatoms. The summed E-state index contributed by atoms with van der Waals surface area (Å²) in [7, 11) is 0. The highest BCUT2D eigenvalue weighted by atomic mass is 15.3. The monoisotopic (exact) mass is 360 g/mol. The summed E-state index contributed by atoms with van der Waals surface area (Å²) in [5.74, 6) is 0. The zero-order chi connectivity index (χ0) is 19.5. The maximum atomic E-state index is 7.57. The van der Waals surface area contributed by atoms with Gasteiger partial charge in [-0.2, -0.15) is 5.10 Å². The lowest BCUT2D eigenvalue weighted by molar-refractivity contribution is 0.829. The van der Waals surface area contributed by atoms with Crippen molar-refractivity contribution in [1.82, 2.24) is 5.43 Å². The summed E-state index contributed by atoms with van der Waals surface area (Å²) in [6, 6.07) is 6.06. The summed E-state index contributed by atoms with van der Waals surface area (Å²) in [4.78, 5) is 5.01. The predicted molar refractivity (Wildman–Crippen MR) is 118 cm³/mol. The van der Waals surface area contributed by atoms with Crippen molar-refractivity contribution in [2.24, 2.45) is 10.1 Å². The summed E-state index contributed by atoms with van der Waals surface area (Å²) < 4.78 is 0. The van der Waals surface area contributed by atoms with E-state index in [1.54, 1.807) is 6.08 Å². The molecule has 0 aromatic heterocycles. The molecule has 1 aromatic carbocycles. The van der Waals surface area contributed by atoms with Crippen LogP contribution in [0.3, 0.4) is 0 Å². The lowest BCUT2D eigenvalue weighted by Crippen LogP contribution is -2.07. The van der Waals surface area contributed by atoms with Crippen molar-refractivity contribution in [2.75, 3.05) is 6.54 Å². The summed E-state index contributed by atoms with van der Waals surface area (Å²) in [6.07, 6.45) is 16.0. The third kappa shape index (κ3) is 5.74. The minimum absolute atomic E-state index is 0.679. The van der Waals surface area contributed by atoms with E-state index in [4.69, 9.17) is 10.4 Å². The maximum Gasteiger partial charge on any atom is 0.0737 e. The van der Waals surface area contributed by atoms with Gasteiger partial charge in [-0.3, -0.25) is 0 Å². The number of nitrogens with one attached hydrogen (secondary N) is 2. The van der Waals surface area contributed by atoms with E-state index >= 15 is 0 Å². The van der Waals surface area contributed by atoms with Gasteiger partial charge in [0.1, 0.15) is 0 Å². The summed E-state index contributed by atoms with van der Waals surface area (Å²) >= 11 is 0. The number of rotatable bonds is 7. The Bertz CT molecular complexity index is 823. The van der Waals surface area contributed by atoms with Crippen molar-refractivity contribution in [3.05, 3.63) is 77.0 Å². The van der Waals surface area contributed by atoms with E-state index in [2.05, 4.69) is 49.2 Å². The third-order valence-corrected chi connectivity index (χ3v) is 4.26. The van der Waals surface area contributed by atoms with Gasteiger partial charge in [-0.05, 0) is 42.2 Å². The zero-order valence-electron chi connectivity index (χ0n) is 16.2. The molecule has 1 aromatic rings. The van der Waals surface area contributed by atoms with Crippen LogP contribution in [0.2, 0.25) is 0 Å². The molecule has 27 heavy (non-hydrogen) atoms. The van der Waals surface area contributed by atoms with E-state index in [-0.39, 0.29) is 0 Å². The molecule has 0 bridgehead atoms. The van der Waals surface area contributed by atoms with Gasteiger partial charge < -0.3 is 10.8 Å². The smallest absolute Gasteiger partial charge is 0.0737 e. The Morgan fingerprint density at radius 1 is 1.37 bits per heavy atom. The fourth-order valence-electron chi connectivity index (χ4n) is 2.88. The molecule has 2 N–H and O–H groups in total. The van der Waals surface area contributed by atoms with Crippen LogP contribution < -0.4 is 5.43 Å². The fraction of sp³-hybridized carbons (Fsp3) is 0.261. The molecule has 0 fully saturated rings. The van der Waals surface area contributed by atoms with Gasteiger partial charge in [0, 0.05) is 24.4 Å². The Balaban J connectivity index is 2.57. The quantitative estimate of drug-likeness (QED) is 0.638. The average Bonchev–Trinajstić information content (AvgIpc) is 2.84. The van der Waals surface area contributed by atoms with Crippen molar-refractivity contribution in [3.63, 3.8) is 0 Å². The predicted octanol–water partition coefficient (Wildman–Crippen LogP) is 5.28. The molecular weight excluding hydrogens is 332 g/mol. The lowest BCUT2D eigenvalue weighted by atomic mass is 9.95. The van der Waals surface area contributed by atoms with E-state index < -0.39 is 0 Å². The van der Waals surface area contributed by atoms with Gasteiger partial charge in [0.25, 0.3) is 0 Å². The van der Waals surface area contributed by atoms with E-state index in [9.17, 15) is 0 Å².